The van der Waals surface area contributed by atoms with Crippen LogP contribution in [0.4, 0.5) is 5.69 Å². The normalized spacial score (nSPS) is 9.89. The van der Waals surface area contributed by atoms with Crippen molar-refractivity contribution in [2.75, 3.05) is 11.9 Å². The Kier molecular flexibility index (Phi) is 5.10. The van der Waals surface area contributed by atoms with Crippen molar-refractivity contribution in [3.63, 3.8) is 0 Å². The molecule has 1 rings (SSSR count). The highest BCUT2D eigenvalue weighted by Crippen LogP contribution is 1.98. The number of pyridine rings is 1. The number of rotatable bonds is 5. The molecule has 0 unspecified atom stereocenters. The molecule has 0 fully saturated rings. The highest BCUT2D eigenvalue weighted by atomic mass is 16.2. The van der Waals surface area contributed by atoms with E-state index in [2.05, 4.69) is 10.6 Å². The van der Waals surface area contributed by atoms with Crippen LogP contribution in [0.2, 0.25) is 0 Å². The Morgan fingerprint density at radius 1 is 1.39 bits per heavy atom. The zero-order valence-electron chi connectivity index (χ0n) is 10.5. The second-order valence-electron chi connectivity index (χ2n) is 3.89. The Labute approximate surface area is 105 Å². The van der Waals surface area contributed by atoms with E-state index in [9.17, 15) is 14.4 Å². The summed E-state index contributed by atoms with van der Waals surface area (Å²) < 4.78 is 1.26. The van der Waals surface area contributed by atoms with Crippen molar-refractivity contribution in [1.82, 2.24) is 9.88 Å². The topological polar surface area (TPSA) is 80.2 Å². The highest BCUT2D eigenvalue weighted by molar-refractivity contribution is 5.88. The van der Waals surface area contributed by atoms with Crippen LogP contribution in [0.3, 0.4) is 0 Å². The Morgan fingerprint density at radius 3 is 2.72 bits per heavy atom. The summed E-state index contributed by atoms with van der Waals surface area (Å²) in [5.74, 6) is -0.542. The third-order valence-electron chi connectivity index (χ3n) is 2.22. The first-order valence-electron chi connectivity index (χ1n) is 5.78. The standard InChI is InChI=1S/C12H17N3O3/c1-3-6-13-11(17)8-15-7-4-5-10(12(15)18)14-9(2)16/h4-5,7H,3,6,8H2,1-2H3,(H,13,17)(H,14,16). The van der Waals surface area contributed by atoms with E-state index >= 15 is 0 Å². The summed E-state index contributed by atoms with van der Waals surface area (Å²) in [6.07, 6.45) is 2.35. The van der Waals surface area contributed by atoms with Gasteiger partial charge in [0.1, 0.15) is 12.2 Å². The Balaban J connectivity index is 2.81. The lowest BCUT2D eigenvalue weighted by Crippen LogP contribution is -2.33. The number of aromatic nitrogens is 1. The van der Waals surface area contributed by atoms with Crippen molar-refractivity contribution < 1.29 is 9.59 Å². The molecule has 0 aliphatic carbocycles. The largest absolute Gasteiger partial charge is 0.355 e. The molecule has 0 aliphatic rings. The van der Waals surface area contributed by atoms with Gasteiger partial charge in [0.25, 0.3) is 5.56 Å². The molecule has 0 aromatic carbocycles. The SMILES string of the molecule is CCCNC(=O)Cn1cccc(NC(C)=O)c1=O. The van der Waals surface area contributed by atoms with Gasteiger partial charge in [0.05, 0.1) is 0 Å². The lowest BCUT2D eigenvalue weighted by atomic mass is 10.3. The molecule has 0 radical (unpaired) electrons. The fourth-order valence-corrected chi connectivity index (χ4v) is 1.42. The van der Waals surface area contributed by atoms with Gasteiger partial charge in [-0.1, -0.05) is 6.92 Å². The number of anilines is 1. The molecular weight excluding hydrogens is 234 g/mol. The molecule has 2 amide bonds. The van der Waals surface area contributed by atoms with Crippen LogP contribution < -0.4 is 16.2 Å². The van der Waals surface area contributed by atoms with Crippen LogP contribution >= 0.6 is 0 Å². The van der Waals surface area contributed by atoms with Crippen LogP contribution in [0.25, 0.3) is 0 Å². The molecule has 1 aromatic rings. The van der Waals surface area contributed by atoms with Gasteiger partial charge < -0.3 is 15.2 Å². The Hall–Kier alpha value is -2.11. The molecule has 0 saturated heterocycles. The number of amides is 2. The third-order valence-corrected chi connectivity index (χ3v) is 2.22. The van der Waals surface area contributed by atoms with Gasteiger partial charge in [-0.3, -0.25) is 14.4 Å². The van der Waals surface area contributed by atoms with Gasteiger partial charge in [0, 0.05) is 19.7 Å². The van der Waals surface area contributed by atoms with Crippen molar-refractivity contribution in [1.29, 1.82) is 0 Å². The van der Waals surface area contributed by atoms with Crippen LogP contribution in [0.1, 0.15) is 20.3 Å². The van der Waals surface area contributed by atoms with E-state index in [1.54, 1.807) is 6.07 Å². The Morgan fingerprint density at radius 2 is 2.11 bits per heavy atom. The third kappa shape index (κ3) is 4.04. The van der Waals surface area contributed by atoms with Gasteiger partial charge in [-0.15, -0.1) is 0 Å². The summed E-state index contributed by atoms with van der Waals surface area (Å²) in [6.45, 7) is 3.81. The number of hydrogen-bond acceptors (Lipinski definition) is 3. The number of nitrogens with zero attached hydrogens (tertiary/aromatic N) is 1. The molecule has 18 heavy (non-hydrogen) atoms. The first-order chi connectivity index (χ1) is 8.54. The minimum atomic E-state index is -0.389. The van der Waals surface area contributed by atoms with Gasteiger partial charge in [-0.2, -0.15) is 0 Å². The molecule has 1 heterocycles. The van der Waals surface area contributed by atoms with Crippen molar-refractivity contribution in [2.24, 2.45) is 0 Å². The zero-order chi connectivity index (χ0) is 13.5. The molecule has 6 nitrogen and oxygen atoms in total. The van der Waals surface area contributed by atoms with E-state index in [1.807, 2.05) is 6.92 Å². The number of hydrogen-bond donors (Lipinski definition) is 2. The van der Waals surface area contributed by atoms with Crippen molar-refractivity contribution in [3.8, 4) is 0 Å². The van der Waals surface area contributed by atoms with Crippen molar-refractivity contribution >= 4 is 17.5 Å². The maximum atomic E-state index is 11.9. The lowest BCUT2D eigenvalue weighted by molar-refractivity contribution is -0.121. The van der Waals surface area contributed by atoms with Gasteiger partial charge in [0.2, 0.25) is 11.8 Å². The monoisotopic (exact) mass is 251 g/mol. The quantitative estimate of drug-likeness (QED) is 0.791. The first kappa shape index (κ1) is 14.0. The maximum absolute atomic E-state index is 11.9. The van der Waals surface area contributed by atoms with E-state index in [4.69, 9.17) is 0 Å². The molecule has 0 atom stereocenters. The minimum absolute atomic E-state index is 0.0493. The molecule has 2 N–H and O–H groups in total. The van der Waals surface area contributed by atoms with Crippen molar-refractivity contribution in [3.05, 3.63) is 28.7 Å². The zero-order valence-corrected chi connectivity index (χ0v) is 10.5. The predicted molar refractivity (Wildman–Crippen MR) is 68.3 cm³/mol. The smallest absolute Gasteiger partial charge is 0.274 e. The van der Waals surface area contributed by atoms with Gasteiger partial charge >= 0.3 is 0 Å². The number of nitrogens with one attached hydrogen (secondary N) is 2. The summed E-state index contributed by atoms with van der Waals surface area (Å²) in [5.41, 5.74) is -0.215. The van der Waals surface area contributed by atoms with Crippen LogP contribution in [0, 0.1) is 0 Å². The van der Waals surface area contributed by atoms with Crippen LogP contribution in [-0.4, -0.2) is 22.9 Å². The molecule has 0 bridgehead atoms. The van der Waals surface area contributed by atoms with Gasteiger partial charge in [-0.05, 0) is 18.6 Å². The molecule has 0 spiro atoms. The van der Waals surface area contributed by atoms with Crippen LogP contribution in [0.5, 0.6) is 0 Å². The summed E-state index contributed by atoms with van der Waals surface area (Å²) in [6, 6.07) is 3.12. The lowest BCUT2D eigenvalue weighted by Gasteiger charge is -2.08. The van der Waals surface area contributed by atoms with Crippen molar-refractivity contribution in [2.45, 2.75) is 26.8 Å². The van der Waals surface area contributed by atoms with Crippen LogP contribution in [0.15, 0.2) is 23.1 Å². The Bertz CT molecular complexity index is 494. The highest BCUT2D eigenvalue weighted by Gasteiger charge is 2.07. The molecule has 1 aromatic heterocycles. The number of carbonyl (C=O) groups is 2. The van der Waals surface area contributed by atoms with E-state index in [0.717, 1.165) is 6.42 Å². The molecular formula is C12H17N3O3. The molecule has 98 valence electrons. The average molecular weight is 251 g/mol. The van der Waals surface area contributed by atoms with Gasteiger partial charge in [0.15, 0.2) is 0 Å². The second kappa shape index (κ2) is 6.58. The summed E-state index contributed by atoms with van der Waals surface area (Å²) in [5, 5.41) is 5.11. The number of carbonyl (C=O) groups excluding carboxylic acids is 2. The molecule has 0 saturated carbocycles. The average Bonchev–Trinajstić information content (AvgIpc) is 2.31. The fraction of sp³-hybridized carbons (Fsp3) is 0.417. The molecule has 0 aliphatic heterocycles. The summed E-state index contributed by atoms with van der Waals surface area (Å²) in [4.78, 5) is 34.3. The first-order valence-corrected chi connectivity index (χ1v) is 5.78. The fourth-order valence-electron chi connectivity index (χ4n) is 1.42. The minimum Gasteiger partial charge on any atom is -0.355 e. The van der Waals surface area contributed by atoms with E-state index in [-0.39, 0.29) is 29.6 Å². The summed E-state index contributed by atoms with van der Waals surface area (Å²) in [7, 11) is 0. The maximum Gasteiger partial charge on any atom is 0.274 e. The van der Waals surface area contributed by atoms with E-state index < -0.39 is 0 Å². The predicted octanol–water partition coefficient (Wildman–Crippen LogP) is 0.333. The van der Waals surface area contributed by atoms with E-state index in [0.29, 0.717) is 6.54 Å². The van der Waals surface area contributed by atoms with Gasteiger partial charge in [-0.25, -0.2) is 0 Å². The summed E-state index contributed by atoms with van der Waals surface area (Å²) >= 11 is 0. The second-order valence-corrected chi connectivity index (χ2v) is 3.89. The van der Waals surface area contributed by atoms with Crippen LogP contribution in [-0.2, 0) is 16.1 Å². The van der Waals surface area contributed by atoms with E-state index in [1.165, 1.54) is 23.8 Å². The molecule has 6 heteroatoms.